The van der Waals surface area contributed by atoms with Gasteiger partial charge in [0.05, 0.1) is 19.2 Å². The first-order valence-electron chi connectivity index (χ1n) is 7.58. The van der Waals surface area contributed by atoms with Crippen molar-refractivity contribution in [3.63, 3.8) is 0 Å². The zero-order valence-electron chi connectivity index (χ0n) is 13.7. The summed E-state index contributed by atoms with van der Waals surface area (Å²) in [6, 6.07) is 13.3. The molecular weight excluding hydrogens is 345 g/mol. The van der Waals surface area contributed by atoms with Crippen molar-refractivity contribution >= 4 is 29.2 Å². The van der Waals surface area contributed by atoms with E-state index in [2.05, 4.69) is 10.3 Å². The first-order chi connectivity index (χ1) is 11.5. The lowest BCUT2D eigenvalue weighted by Gasteiger charge is -2.16. The highest BCUT2D eigenvalue weighted by Gasteiger charge is 2.10. The number of aliphatic imine (C=N–C) groups is 1. The number of nitrogens with one attached hydrogen (secondary N) is 1. The van der Waals surface area contributed by atoms with Gasteiger partial charge in [0.15, 0.2) is 5.96 Å². The van der Waals surface area contributed by atoms with Gasteiger partial charge in [0.25, 0.3) is 0 Å². The van der Waals surface area contributed by atoms with Gasteiger partial charge in [0.1, 0.15) is 0 Å². The van der Waals surface area contributed by atoms with E-state index in [1.54, 1.807) is 19.2 Å². The summed E-state index contributed by atoms with van der Waals surface area (Å²) in [5.41, 5.74) is 9.10. The third-order valence-corrected chi connectivity index (χ3v) is 4.19. The summed E-state index contributed by atoms with van der Waals surface area (Å²) in [5.74, 6) is 0.362. The van der Waals surface area contributed by atoms with Gasteiger partial charge >= 0.3 is 0 Å². The standard InChI is InChI=1S/C18H21Cl2N3O/c1-12(16-8-7-15(19)9-17(16)20)23-18(21)22-10-13-5-3-4-6-14(13)11-24-2/h3-9,12H,10-11H2,1-2H3,(H3,21,22,23). The minimum atomic E-state index is -0.0762. The summed E-state index contributed by atoms with van der Waals surface area (Å²) >= 11 is 12.1. The van der Waals surface area contributed by atoms with Gasteiger partial charge in [0.2, 0.25) is 0 Å². The molecule has 2 aromatic rings. The number of benzene rings is 2. The van der Waals surface area contributed by atoms with Crippen LogP contribution in [0.25, 0.3) is 0 Å². The first kappa shape index (κ1) is 18.6. The SMILES string of the molecule is COCc1ccccc1CN=C(N)NC(C)c1ccc(Cl)cc1Cl. The number of hydrogen-bond donors (Lipinski definition) is 2. The molecule has 0 fully saturated rings. The van der Waals surface area contributed by atoms with Crippen molar-refractivity contribution in [1.29, 1.82) is 0 Å². The number of nitrogens with two attached hydrogens (primary N) is 1. The number of methoxy groups -OCH3 is 1. The Labute approximate surface area is 152 Å². The van der Waals surface area contributed by atoms with Gasteiger partial charge in [-0.2, -0.15) is 0 Å². The minimum Gasteiger partial charge on any atom is -0.380 e. The average molecular weight is 366 g/mol. The third kappa shape index (κ3) is 5.13. The van der Waals surface area contributed by atoms with Crippen LogP contribution in [-0.2, 0) is 17.9 Å². The van der Waals surface area contributed by atoms with Gasteiger partial charge in [-0.1, -0.05) is 53.5 Å². The second-order valence-corrected chi connectivity index (χ2v) is 6.28. The molecule has 0 radical (unpaired) electrons. The Bertz CT molecular complexity index is 719. The highest BCUT2D eigenvalue weighted by Crippen LogP contribution is 2.25. The lowest BCUT2D eigenvalue weighted by Crippen LogP contribution is -2.34. The van der Waals surface area contributed by atoms with Crippen LogP contribution in [0.15, 0.2) is 47.5 Å². The molecule has 2 aromatic carbocycles. The van der Waals surface area contributed by atoms with Crippen LogP contribution in [0.2, 0.25) is 10.0 Å². The van der Waals surface area contributed by atoms with Crippen molar-refractivity contribution in [2.45, 2.75) is 26.1 Å². The van der Waals surface area contributed by atoms with E-state index in [0.717, 1.165) is 16.7 Å². The fourth-order valence-electron chi connectivity index (χ4n) is 2.38. The van der Waals surface area contributed by atoms with E-state index in [4.69, 9.17) is 33.7 Å². The number of hydrogen-bond acceptors (Lipinski definition) is 2. The first-order valence-corrected chi connectivity index (χ1v) is 8.34. The molecule has 0 aromatic heterocycles. The van der Waals surface area contributed by atoms with Gasteiger partial charge in [-0.15, -0.1) is 0 Å². The van der Waals surface area contributed by atoms with E-state index >= 15 is 0 Å². The number of rotatable bonds is 6. The van der Waals surface area contributed by atoms with Crippen molar-refractivity contribution < 1.29 is 4.74 Å². The van der Waals surface area contributed by atoms with E-state index in [1.807, 2.05) is 37.3 Å². The molecule has 6 heteroatoms. The molecule has 1 unspecified atom stereocenters. The lowest BCUT2D eigenvalue weighted by molar-refractivity contribution is 0.184. The third-order valence-electron chi connectivity index (χ3n) is 3.63. The fraction of sp³-hybridized carbons (Fsp3) is 0.278. The van der Waals surface area contributed by atoms with Gasteiger partial charge in [-0.25, -0.2) is 4.99 Å². The molecule has 1 atom stereocenters. The van der Waals surface area contributed by atoms with E-state index in [-0.39, 0.29) is 6.04 Å². The number of ether oxygens (including phenoxy) is 1. The number of halogens is 2. The molecule has 2 rings (SSSR count). The zero-order valence-corrected chi connectivity index (χ0v) is 15.2. The topological polar surface area (TPSA) is 59.6 Å². The molecule has 0 aliphatic heterocycles. The molecule has 24 heavy (non-hydrogen) atoms. The molecule has 0 saturated carbocycles. The normalized spacial score (nSPS) is 12.9. The predicted molar refractivity (Wildman–Crippen MR) is 100 cm³/mol. The van der Waals surface area contributed by atoms with Crippen LogP contribution < -0.4 is 11.1 Å². The number of nitrogens with zero attached hydrogens (tertiary/aromatic N) is 1. The average Bonchev–Trinajstić information content (AvgIpc) is 2.54. The van der Waals surface area contributed by atoms with Crippen LogP contribution in [-0.4, -0.2) is 13.1 Å². The highest BCUT2D eigenvalue weighted by atomic mass is 35.5. The van der Waals surface area contributed by atoms with Crippen molar-refractivity contribution in [1.82, 2.24) is 5.32 Å². The van der Waals surface area contributed by atoms with Crippen LogP contribution in [0.4, 0.5) is 0 Å². The van der Waals surface area contributed by atoms with Crippen molar-refractivity contribution in [3.8, 4) is 0 Å². The maximum atomic E-state index is 6.22. The molecule has 128 valence electrons. The second-order valence-electron chi connectivity index (χ2n) is 5.44. The van der Waals surface area contributed by atoms with Crippen LogP contribution in [0.5, 0.6) is 0 Å². The molecular formula is C18H21Cl2N3O. The van der Waals surface area contributed by atoms with E-state index in [9.17, 15) is 0 Å². The maximum Gasteiger partial charge on any atom is 0.189 e. The number of guanidine groups is 1. The lowest BCUT2D eigenvalue weighted by atomic mass is 10.1. The Morgan fingerprint density at radius 3 is 2.58 bits per heavy atom. The molecule has 3 N–H and O–H groups in total. The Morgan fingerprint density at radius 2 is 1.92 bits per heavy atom. The van der Waals surface area contributed by atoms with Crippen molar-refractivity contribution in [2.24, 2.45) is 10.7 Å². The van der Waals surface area contributed by atoms with Crippen molar-refractivity contribution in [3.05, 3.63) is 69.2 Å². The Balaban J connectivity index is 2.04. The van der Waals surface area contributed by atoms with Crippen molar-refractivity contribution in [2.75, 3.05) is 7.11 Å². The summed E-state index contributed by atoms with van der Waals surface area (Å²) in [7, 11) is 1.67. The summed E-state index contributed by atoms with van der Waals surface area (Å²) in [5, 5.41) is 4.35. The van der Waals surface area contributed by atoms with Gasteiger partial charge in [0, 0.05) is 17.2 Å². The highest BCUT2D eigenvalue weighted by molar-refractivity contribution is 6.35. The quantitative estimate of drug-likeness (QED) is 0.592. The Hall–Kier alpha value is -1.75. The Morgan fingerprint density at radius 1 is 1.21 bits per heavy atom. The minimum absolute atomic E-state index is 0.0762. The second kappa shape index (κ2) is 8.92. The summed E-state index contributed by atoms with van der Waals surface area (Å²) in [6.07, 6.45) is 0. The van der Waals surface area contributed by atoms with Crippen LogP contribution in [0.1, 0.15) is 29.7 Å². The van der Waals surface area contributed by atoms with Crippen LogP contribution >= 0.6 is 23.2 Å². The summed E-state index contributed by atoms with van der Waals surface area (Å²) < 4.78 is 5.20. The fourth-order valence-corrected chi connectivity index (χ4v) is 2.95. The molecule has 0 spiro atoms. The molecule has 0 heterocycles. The van der Waals surface area contributed by atoms with Gasteiger partial charge < -0.3 is 15.8 Å². The van der Waals surface area contributed by atoms with E-state index in [1.165, 1.54) is 0 Å². The Kier molecular flexibility index (Phi) is 6.91. The largest absolute Gasteiger partial charge is 0.380 e. The summed E-state index contributed by atoms with van der Waals surface area (Å²) in [6.45, 7) is 3.01. The summed E-state index contributed by atoms with van der Waals surface area (Å²) in [4.78, 5) is 4.41. The van der Waals surface area contributed by atoms with Gasteiger partial charge in [-0.3, -0.25) is 0 Å². The molecule has 0 saturated heterocycles. The predicted octanol–water partition coefficient (Wildman–Crippen LogP) is 4.31. The van der Waals surface area contributed by atoms with Crippen LogP contribution in [0, 0.1) is 0 Å². The molecule has 0 bridgehead atoms. The maximum absolute atomic E-state index is 6.22. The van der Waals surface area contributed by atoms with E-state index in [0.29, 0.717) is 29.2 Å². The van der Waals surface area contributed by atoms with Crippen LogP contribution in [0.3, 0.4) is 0 Å². The smallest absolute Gasteiger partial charge is 0.189 e. The molecule has 0 aliphatic rings. The monoisotopic (exact) mass is 365 g/mol. The van der Waals surface area contributed by atoms with Gasteiger partial charge in [-0.05, 0) is 35.7 Å². The molecule has 0 amide bonds. The molecule has 4 nitrogen and oxygen atoms in total. The van der Waals surface area contributed by atoms with E-state index < -0.39 is 0 Å². The zero-order chi connectivity index (χ0) is 17.5. The molecule has 0 aliphatic carbocycles.